The second kappa shape index (κ2) is 4.62. The van der Waals surface area contributed by atoms with Crippen molar-refractivity contribution in [1.29, 1.82) is 0 Å². The zero-order valence-electron chi connectivity index (χ0n) is 10.4. The van der Waals surface area contributed by atoms with Crippen LogP contribution in [0.25, 0.3) is 11.0 Å². The van der Waals surface area contributed by atoms with Gasteiger partial charge >= 0.3 is 5.63 Å². The molecule has 2 aromatic rings. The molecule has 1 aromatic heterocycles. The molecule has 3 nitrogen and oxygen atoms in total. The number of hydrogen-bond donors (Lipinski definition) is 0. The van der Waals surface area contributed by atoms with E-state index in [2.05, 4.69) is 6.92 Å². The summed E-state index contributed by atoms with van der Waals surface area (Å²) in [6, 6.07) is 5.38. The van der Waals surface area contributed by atoms with Gasteiger partial charge in [-0.1, -0.05) is 6.92 Å². The standard InChI is InChI=1S/C14H16O3/c1-4-7-16-12-6-5-11-9(2)8-13(15)17-14(11)10(12)3/h5-6,8H,4,7H2,1-3H3. The molecule has 0 aliphatic heterocycles. The molecule has 0 fully saturated rings. The summed E-state index contributed by atoms with van der Waals surface area (Å²) in [4.78, 5) is 11.4. The van der Waals surface area contributed by atoms with Gasteiger partial charge in [-0.3, -0.25) is 0 Å². The quantitative estimate of drug-likeness (QED) is 0.763. The number of ether oxygens (including phenoxy) is 1. The molecule has 0 saturated carbocycles. The summed E-state index contributed by atoms with van der Waals surface area (Å²) in [5.41, 5.74) is 2.13. The summed E-state index contributed by atoms with van der Waals surface area (Å²) >= 11 is 0. The maximum absolute atomic E-state index is 11.4. The predicted molar refractivity (Wildman–Crippen MR) is 67.7 cm³/mol. The summed E-state index contributed by atoms with van der Waals surface area (Å²) in [5.74, 6) is 0.785. The zero-order chi connectivity index (χ0) is 12.4. The lowest BCUT2D eigenvalue weighted by molar-refractivity contribution is 0.315. The van der Waals surface area contributed by atoms with Crippen LogP contribution in [0.5, 0.6) is 5.75 Å². The summed E-state index contributed by atoms with van der Waals surface area (Å²) in [6.07, 6.45) is 0.954. The van der Waals surface area contributed by atoms with Crippen LogP contribution in [0.3, 0.4) is 0 Å². The molecule has 0 aliphatic carbocycles. The second-order valence-electron chi connectivity index (χ2n) is 4.16. The molecule has 0 N–H and O–H groups in total. The fraction of sp³-hybridized carbons (Fsp3) is 0.357. The van der Waals surface area contributed by atoms with Crippen LogP contribution >= 0.6 is 0 Å². The maximum Gasteiger partial charge on any atom is 0.336 e. The molecule has 2 rings (SSSR count). The summed E-state index contributed by atoms with van der Waals surface area (Å²) in [7, 11) is 0. The van der Waals surface area contributed by atoms with Crippen LogP contribution in [0.1, 0.15) is 24.5 Å². The van der Waals surface area contributed by atoms with E-state index in [1.54, 1.807) is 0 Å². The SMILES string of the molecule is CCCOc1ccc2c(C)cc(=O)oc2c1C. The van der Waals surface area contributed by atoms with Crippen molar-refractivity contribution >= 4 is 11.0 Å². The predicted octanol–water partition coefficient (Wildman–Crippen LogP) is 3.20. The highest BCUT2D eigenvalue weighted by molar-refractivity contribution is 5.84. The Morgan fingerprint density at radius 2 is 2.06 bits per heavy atom. The third kappa shape index (κ3) is 2.18. The molecular formula is C14H16O3. The van der Waals surface area contributed by atoms with Gasteiger partial charge in [0.1, 0.15) is 11.3 Å². The Morgan fingerprint density at radius 1 is 1.29 bits per heavy atom. The highest BCUT2D eigenvalue weighted by Crippen LogP contribution is 2.28. The van der Waals surface area contributed by atoms with Gasteiger partial charge in [0, 0.05) is 17.0 Å². The van der Waals surface area contributed by atoms with Gasteiger partial charge in [0.25, 0.3) is 0 Å². The largest absolute Gasteiger partial charge is 0.493 e. The number of fused-ring (bicyclic) bond motifs is 1. The van der Waals surface area contributed by atoms with Crippen molar-refractivity contribution < 1.29 is 9.15 Å². The van der Waals surface area contributed by atoms with Crippen molar-refractivity contribution in [3.63, 3.8) is 0 Å². The average molecular weight is 232 g/mol. The highest BCUT2D eigenvalue weighted by Gasteiger charge is 2.09. The molecule has 0 aliphatic rings. The monoisotopic (exact) mass is 232 g/mol. The number of rotatable bonds is 3. The summed E-state index contributed by atoms with van der Waals surface area (Å²) in [5, 5.41) is 0.964. The smallest absolute Gasteiger partial charge is 0.336 e. The molecule has 0 unspecified atom stereocenters. The van der Waals surface area contributed by atoms with Crippen LogP contribution in [-0.2, 0) is 0 Å². The van der Waals surface area contributed by atoms with Gasteiger partial charge in [-0.2, -0.15) is 0 Å². The molecule has 3 heteroatoms. The molecule has 0 radical (unpaired) electrons. The van der Waals surface area contributed by atoms with Crippen molar-refractivity contribution in [2.24, 2.45) is 0 Å². The third-order valence-electron chi connectivity index (χ3n) is 2.78. The number of benzene rings is 1. The van der Waals surface area contributed by atoms with Crippen LogP contribution in [0.15, 0.2) is 27.4 Å². The Kier molecular flexibility index (Phi) is 3.18. The lowest BCUT2D eigenvalue weighted by Crippen LogP contribution is -2.01. The molecule has 1 aromatic carbocycles. The van der Waals surface area contributed by atoms with Gasteiger partial charge in [0.05, 0.1) is 6.61 Å². The van der Waals surface area contributed by atoms with Crippen molar-refractivity contribution in [3.8, 4) is 5.75 Å². The van der Waals surface area contributed by atoms with E-state index in [1.165, 1.54) is 6.07 Å². The van der Waals surface area contributed by atoms with Gasteiger partial charge in [-0.15, -0.1) is 0 Å². The van der Waals surface area contributed by atoms with Crippen molar-refractivity contribution in [3.05, 3.63) is 39.7 Å². The number of aryl methyl sites for hydroxylation is 2. The topological polar surface area (TPSA) is 39.4 Å². The minimum Gasteiger partial charge on any atom is -0.493 e. The maximum atomic E-state index is 11.4. The first kappa shape index (κ1) is 11.7. The minimum absolute atomic E-state index is 0.314. The van der Waals surface area contributed by atoms with E-state index in [0.29, 0.717) is 12.2 Å². The van der Waals surface area contributed by atoms with Gasteiger partial charge in [0.15, 0.2) is 0 Å². The van der Waals surface area contributed by atoms with Crippen LogP contribution in [0.4, 0.5) is 0 Å². The van der Waals surface area contributed by atoms with E-state index in [9.17, 15) is 4.79 Å². The number of hydrogen-bond acceptors (Lipinski definition) is 3. The summed E-state index contributed by atoms with van der Waals surface area (Å²) in [6.45, 7) is 6.55. The van der Waals surface area contributed by atoms with E-state index in [1.807, 2.05) is 26.0 Å². The molecule has 0 amide bonds. The van der Waals surface area contributed by atoms with E-state index >= 15 is 0 Å². The molecular weight excluding hydrogens is 216 g/mol. The first-order valence-electron chi connectivity index (χ1n) is 5.80. The Morgan fingerprint density at radius 3 is 2.76 bits per heavy atom. The molecule has 0 atom stereocenters. The van der Waals surface area contributed by atoms with E-state index in [4.69, 9.17) is 9.15 Å². The molecule has 90 valence electrons. The van der Waals surface area contributed by atoms with Crippen LogP contribution < -0.4 is 10.4 Å². The second-order valence-corrected chi connectivity index (χ2v) is 4.16. The van der Waals surface area contributed by atoms with Gasteiger partial charge in [-0.25, -0.2) is 4.79 Å². The Hall–Kier alpha value is -1.77. The third-order valence-corrected chi connectivity index (χ3v) is 2.78. The van der Waals surface area contributed by atoms with Crippen molar-refractivity contribution in [2.45, 2.75) is 27.2 Å². The van der Waals surface area contributed by atoms with Gasteiger partial charge < -0.3 is 9.15 Å². The molecule has 1 heterocycles. The zero-order valence-corrected chi connectivity index (χ0v) is 10.4. The molecule has 0 saturated heterocycles. The molecule has 17 heavy (non-hydrogen) atoms. The Balaban J connectivity index is 2.62. The molecule has 0 spiro atoms. The van der Waals surface area contributed by atoms with E-state index < -0.39 is 0 Å². The average Bonchev–Trinajstić information content (AvgIpc) is 2.29. The van der Waals surface area contributed by atoms with Gasteiger partial charge in [0.2, 0.25) is 0 Å². The van der Waals surface area contributed by atoms with Crippen LogP contribution in [-0.4, -0.2) is 6.61 Å². The van der Waals surface area contributed by atoms with Crippen molar-refractivity contribution in [1.82, 2.24) is 0 Å². The molecule has 0 bridgehead atoms. The lowest BCUT2D eigenvalue weighted by Gasteiger charge is -2.10. The van der Waals surface area contributed by atoms with Crippen LogP contribution in [0.2, 0.25) is 0 Å². The first-order chi connectivity index (χ1) is 8.13. The Labute approximate surface area is 100 Å². The minimum atomic E-state index is -0.314. The van der Waals surface area contributed by atoms with E-state index in [0.717, 1.165) is 28.7 Å². The fourth-order valence-electron chi connectivity index (χ4n) is 1.87. The lowest BCUT2D eigenvalue weighted by atomic mass is 10.1. The normalized spacial score (nSPS) is 10.8. The van der Waals surface area contributed by atoms with Crippen molar-refractivity contribution in [2.75, 3.05) is 6.61 Å². The van der Waals surface area contributed by atoms with Crippen LogP contribution in [0, 0.1) is 13.8 Å². The van der Waals surface area contributed by atoms with E-state index in [-0.39, 0.29) is 5.63 Å². The highest BCUT2D eigenvalue weighted by atomic mass is 16.5. The van der Waals surface area contributed by atoms with Gasteiger partial charge in [-0.05, 0) is 38.0 Å². The first-order valence-corrected chi connectivity index (χ1v) is 5.80. The fourth-order valence-corrected chi connectivity index (χ4v) is 1.87. The summed E-state index contributed by atoms with van der Waals surface area (Å²) < 4.78 is 10.9. The Bertz CT molecular complexity index is 596.